The van der Waals surface area contributed by atoms with Crippen LogP contribution in [0, 0.1) is 11.8 Å². The Morgan fingerprint density at radius 3 is 2.18 bits per heavy atom. The number of fused-ring (bicyclic) bond motifs is 1. The van der Waals surface area contributed by atoms with Crippen LogP contribution in [0.15, 0.2) is 54.6 Å². The largest absolute Gasteiger partial charge is 0.461 e. The fraction of sp³-hybridized carbons (Fsp3) is 0.567. The lowest BCUT2D eigenvalue weighted by Crippen LogP contribution is -2.42. The summed E-state index contributed by atoms with van der Waals surface area (Å²) in [4.78, 5) is 40.4. The molecular formula is C30H41NO8. The Morgan fingerprint density at radius 2 is 1.51 bits per heavy atom. The van der Waals surface area contributed by atoms with Gasteiger partial charge in [-0.05, 0) is 24.5 Å². The van der Waals surface area contributed by atoms with Crippen LogP contribution < -0.4 is 0 Å². The van der Waals surface area contributed by atoms with Gasteiger partial charge in [-0.3, -0.25) is 4.79 Å². The molecule has 1 aromatic carbocycles. The Bertz CT molecular complexity index is 994. The summed E-state index contributed by atoms with van der Waals surface area (Å²) in [6, 6.07) is 8.96. The molecule has 0 radical (unpaired) electrons. The van der Waals surface area contributed by atoms with E-state index in [1.54, 1.807) is 37.3 Å². The molecule has 214 valence electrons. The highest BCUT2D eigenvalue weighted by molar-refractivity contribution is 5.85. The molecular weight excluding hydrogens is 502 g/mol. The van der Waals surface area contributed by atoms with E-state index in [1.165, 1.54) is 0 Å². The Hall–Kier alpha value is -3.01. The quantitative estimate of drug-likeness (QED) is 0.411. The number of carbonyl (C=O) groups excluding carboxylic acids is 3. The highest BCUT2D eigenvalue weighted by Crippen LogP contribution is 2.21. The number of amides is 1. The molecule has 1 saturated heterocycles. The van der Waals surface area contributed by atoms with Crippen LogP contribution in [0.5, 0.6) is 0 Å². The maximum atomic E-state index is 13.1. The first kappa shape index (κ1) is 30.5. The molecule has 0 N–H and O–H groups in total. The van der Waals surface area contributed by atoms with E-state index in [9.17, 15) is 14.4 Å². The second kappa shape index (κ2) is 15.5. The van der Waals surface area contributed by atoms with E-state index in [0.717, 1.165) is 12.0 Å². The SMILES string of the molecule is CO[C@H]1COC(=O)[C@@H]2CCCN2C(=O)CC=C[C@@H](C)[C@H](OC)COC(=O)[C@@H](OCc2ccccc2)C=C[C@@H]1C. The third-order valence-electron chi connectivity index (χ3n) is 7.23. The molecule has 39 heavy (non-hydrogen) atoms. The minimum Gasteiger partial charge on any atom is -0.461 e. The van der Waals surface area contributed by atoms with Crippen LogP contribution in [0.2, 0.25) is 0 Å². The van der Waals surface area contributed by atoms with Crippen LogP contribution >= 0.6 is 0 Å². The van der Waals surface area contributed by atoms with Gasteiger partial charge in [0.25, 0.3) is 0 Å². The van der Waals surface area contributed by atoms with E-state index in [2.05, 4.69) is 0 Å². The van der Waals surface area contributed by atoms with Crippen molar-refractivity contribution in [3.8, 4) is 0 Å². The van der Waals surface area contributed by atoms with Crippen LogP contribution in [0.1, 0.15) is 38.7 Å². The van der Waals surface area contributed by atoms with Crippen molar-refractivity contribution in [1.29, 1.82) is 0 Å². The van der Waals surface area contributed by atoms with E-state index < -0.39 is 36.3 Å². The van der Waals surface area contributed by atoms with Gasteiger partial charge in [0.2, 0.25) is 5.91 Å². The summed E-state index contributed by atoms with van der Waals surface area (Å²) in [5.74, 6) is -1.44. The number of cyclic esters (lactones) is 2. The molecule has 0 unspecified atom stereocenters. The van der Waals surface area contributed by atoms with Crippen molar-refractivity contribution < 1.29 is 38.1 Å². The molecule has 3 rings (SSSR count). The summed E-state index contributed by atoms with van der Waals surface area (Å²) >= 11 is 0. The lowest BCUT2D eigenvalue weighted by atomic mass is 10.0. The topological polar surface area (TPSA) is 101 Å². The van der Waals surface area contributed by atoms with Crippen LogP contribution in [-0.4, -0.2) is 81.1 Å². The summed E-state index contributed by atoms with van der Waals surface area (Å²) in [5, 5.41) is 0. The predicted molar refractivity (Wildman–Crippen MR) is 144 cm³/mol. The molecule has 0 aromatic heterocycles. The van der Waals surface area contributed by atoms with Gasteiger partial charge in [-0.25, -0.2) is 9.59 Å². The zero-order valence-electron chi connectivity index (χ0n) is 23.3. The first-order chi connectivity index (χ1) is 18.8. The van der Waals surface area contributed by atoms with E-state index >= 15 is 0 Å². The van der Waals surface area contributed by atoms with Gasteiger partial charge in [0.15, 0.2) is 6.10 Å². The monoisotopic (exact) mass is 543 g/mol. The first-order valence-electron chi connectivity index (χ1n) is 13.5. The average Bonchev–Trinajstić information content (AvgIpc) is 3.44. The summed E-state index contributed by atoms with van der Waals surface area (Å²) in [7, 11) is 3.10. The summed E-state index contributed by atoms with van der Waals surface area (Å²) in [6.07, 6.45) is 6.75. The van der Waals surface area contributed by atoms with Crippen molar-refractivity contribution in [1.82, 2.24) is 4.90 Å². The highest BCUT2D eigenvalue weighted by atomic mass is 16.6. The van der Waals surface area contributed by atoms with E-state index in [-0.39, 0.29) is 44.0 Å². The molecule has 1 aromatic rings. The molecule has 0 saturated carbocycles. The molecule has 0 aliphatic carbocycles. The molecule has 1 fully saturated rings. The van der Waals surface area contributed by atoms with Gasteiger partial charge in [0, 0.05) is 39.0 Å². The Morgan fingerprint density at radius 1 is 0.872 bits per heavy atom. The van der Waals surface area contributed by atoms with Crippen molar-refractivity contribution in [2.45, 2.75) is 64.1 Å². The van der Waals surface area contributed by atoms with Crippen LogP contribution in [0.3, 0.4) is 0 Å². The van der Waals surface area contributed by atoms with Gasteiger partial charge in [-0.1, -0.05) is 62.4 Å². The van der Waals surface area contributed by atoms with Crippen molar-refractivity contribution in [3.05, 3.63) is 60.2 Å². The number of hydrogen-bond acceptors (Lipinski definition) is 8. The standard InChI is InChI=1S/C30H41NO8/c1-21-10-8-14-28(32)31-17-9-13-24(31)29(33)38-19-27(36-4)22(2)15-16-25(30(34)39-20-26(21)35-3)37-18-23-11-6-5-7-12-23/h5-8,10-12,15-16,21-22,24-27H,9,13-14,17-20H2,1-4H3/t21-,22+,24+,25+,26-,27+/m1/s1. The number of rotatable bonds is 5. The highest BCUT2D eigenvalue weighted by Gasteiger charge is 2.35. The lowest BCUT2D eigenvalue weighted by Gasteiger charge is -2.25. The van der Waals surface area contributed by atoms with Gasteiger partial charge < -0.3 is 28.6 Å². The van der Waals surface area contributed by atoms with Gasteiger partial charge in [0.05, 0.1) is 18.8 Å². The molecule has 9 nitrogen and oxygen atoms in total. The third kappa shape index (κ3) is 9.02. The third-order valence-corrected chi connectivity index (χ3v) is 7.23. The fourth-order valence-corrected chi connectivity index (χ4v) is 4.67. The molecule has 0 bridgehead atoms. The fourth-order valence-electron chi connectivity index (χ4n) is 4.67. The molecule has 2 aliphatic heterocycles. The normalized spacial score (nSPS) is 29.6. The van der Waals surface area contributed by atoms with Gasteiger partial charge in [0.1, 0.15) is 19.3 Å². The minimum atomic E-state index is -0.956. The van der Waals surface area contributed by atoms with Crippen molar-refractivity contribution in [3.63, 3.8) is 0 Å². The molecule has 9 heteroatoms. The Kier molecular flexibility index (Phi) is 12.2. The van der Waals surface area contributed by atoms with Crippen LogP contribution in [0.25, 0.3) is 0 Å². The van der Waals surface area contributed by atoms with Crippen molar-refractivity contribution in [2.24, 2.45) is 11.8 Å². The van der Waals surface area contributed by atoms with Crippen LogP contribution in [0.4, 0.5) is 0 Å². The van der Waals surface area contributed by atoms with Crippen LogP contribution in [-0.2, 0) is 44.7 Å². The Labute approximate surface area is 231 Å². The zero-order valence-corrected chi connectivity index (χ0v) is 23.3. The van der Waals surface area contributed by atoms with E-state index in [1.807, 2.05) is 50.3 Å². The maximum Gasteiger partial charge on any atom is 0.339 e. The number of methoxy groups -OCH3 is 2. The first-order valence-corrected chi connectivity index (χ1v) is 13.5. The lowest BCUT2D eigenvalue weighted by molar-refractivity contribution is -0.159. The van der Waals surface area contributed by atoms with E-state index in [4.69, 9.17) is 23.7 Å². The smallest absolute Gasteiger partial charge is 0.339 e. The molecule has 1 amide bonds. The Balaban J connectivity index is 1.81. The number of ether oxygens (including phenoxy) is 5. The summed E-state index contributed by atoms with van der Waals surface area (Å²) in [6.45, 7) is 4.63. The zero-order chi connectivity index (χ0) is 28.2. The molecule has 2 aliphatic rings. The molecule has 6 atom stereocenters. The van der Waals surface area contributed by atoms with Crippen molar-refractivity contribution in [2.75, 3.05) is 34.0 Å². The van der Waals surface area contributed by atoms with Gasteiger partial charge in [-0.15, -0.1) is 0 Å². The predicted octanol–water partition coefficient (Wildman–Crippen LogP) is 3.47. The number of esters is 2. The number of benzene rings is 1. The van der Waals surface area contributed by atoms with Gasteiger partial charge >= 0.3 is 11.9 Å². The number of carbonyl (C=O) groups is 3. The molecule has 0 spiro atoms. The maximum absolute atomic E-state index is 13.1. The number of nitrogens with zero attached hydrogens (tertiary/aromatic N) is 1. The minimum absolute atomic E-state index is 0.0201. The van der Waals surface area contributed by atoms with Crippen molar-refractivity contribution >= 4 is 17.8 Å². The van der Waals surface area contributed by atoms with Gasteiger partial charge in [-0.2, -0.15) is 0 Å². The second-order valence-corrected chi connectivity index (χ2v) is 10.0. The summed E-state index contributed by atoms with van der Waals surface area (Å²) in [5.41, 5.74) is 0.924. The van der Waals surface area contributed by atoms with E-state index in [0.29, 0.717) is 13.0 Å². The average molecular weight is 544 g/mol. The number of hydrogen-bond donors (Lipinski definition) is 0. The second-order valence-electron chi connectivity index (χ2n) is 10.0. The summed E-state index contributed by atoms with van der Waals surface area (Å²) < 4.78 is 28.3. The molecule has 2 heterocycles.